The Bertz CT molecular complexity index is 1090. The molecule has 6 heteroatoms. The van der Waals surface area contributed by atoms with Crippen LogP contribution < -0.4 is 15.5 Å². The fraction of sp³-hybridized carbons (Fsp3) is 0.429. The summed E-state index contributed by atoms with van der Waals surface area (Å²) in [6.07, 6.45) is 1.92. The summed E-state index contributed by atoms with van der Waals surface area (Å²) in [6.45, 7) is 9.99. The predicted molar refractivity (Wildman–Crippen MR) is 136 cm³/mol. The van der Waals surface area contributed by atoms with E-state index in [0.717, 1.165) is 41.0 Å². The molecule has 6 nitrogen and oxygen atoms in total. The number of rotatable bonds is 6. The van der Waals surface area contributed by atoms with E-state index in [2.05, 4.69) is 24.5 Å². The van der Waals surface area contributed by atoms with Crippen molar-refractivity contribution >= 4 is 23.2 Å². The van der Waals surface area contributed by atoms with Gasteiger partial charge in [-0.1, -0.05) is 55.8 Å². The van der Waals surface area contributed by atoms with Crippen LogP contribution in [0, 0.1) is 12.3 Å². The van der Waals surface area contributed by atoms with Gasteiger partial charge in [-0.3, -0.25) is 9.69 Å². The monoisotopic (exact) mass is 461 g/mol. The lowest BCUT2D eigenvalue weighted by Crippen LogP contribution is -2.45. The first-order chi connectivity index (χ1) is 16.3. The summed E-state index contributed by atoms with van der Waals surface area (Å²) in [4.78, 5) is 29.1. The fourth-order valence-electron chi connectivity index (χ4n) is 4.87. The number of Topliss-reactive ketones (excluding diaryl/α,β-unsaturated/α-hetero) is 1. The molecule has 2 aromatic rings. The van der Waals surface area contributed by atoms with Gasteiger partial charge in [-0.25, -0.2) is 4.79 Å². The Balaban J connectivity index is 1.82. The molecule has 34 heavy (non-hydrogen) atoms. The van der Waals surface area contributed by atoms with Crippen molar-refractivity contribution in [1.29, 1.82) is 0 Å². The van der Waals surface area contributed by atoms with Gasteiger partial charge < -0.3 is 15.4 Å². The molecule has 1 aliphatic carbocycles. The van der Waals surface area contributed by atoms with E-state index in [1.165, 1.54) is 0 Å². The normalized spacial score (nSPS) is 19.1. The summed E-state index contributed by atoms with van der Waals surface area (Å²) in [5.74, 6) is 0.0891. The van der Waals surface area contributed by atoms with Gasteiger partial charge in [0.15, 0.2) is 5.78 Å². The van der Waals surface area contributed by atoms with Crippen molar-refractivity contribution in [3.8, 4) is 0 Å². The average molecular weight is 462 g/mol. The molecule has 0 saturated carbocycles. The lowest BCUT2D eigenvalue weighted by Gasteiger charge is -2.37. The predicted octanol–water partition coefficient (Wildman–Crippen LogP) is 5.75. The van der Waals surface area contributed by atoms with Gasteiger partial charge in [0.1, 0.15) is 0 Å². The van der Waals surface area contributed by atoms with Gasteiger partial charge in [0.25, 0.3) is 0 Å². The summed E-state index contributed by atoms with van der Waals surface area (Å²) in [5, 5.41) is 6.61. The number of fused-ring (bicyclic) bond motifs is 1. The van der Waals surface area contributed by atoms with E-state index < -0.39 is 6.04 Å². The lowest BCUT2D eigenvalue weighted by atomic mass is 9.73. The molecule has 1 atom stereocenters. The van der Waals surface area contributed by atoms with Crippen molar-refractivity contribution in [3.05, 3.63) is 70.9 Å². The first kappa shape index (κ1) is 24.0. The van der Waals surface area contributed by atoms with Crippen molar-refractivity contribution in [1.82, 2.24) is 5.32 Å². The van der Waals surface area contributed by atoms with Crippen molar-refractivity contribution in [2.45, 2.75) is 53.0 Å². The van der Waals surface area contributed by atoms with Crippen LogP contribution in [-0.4, -0.2) is 31.6 Å². The van der Waals surface area contributed by atoms with Gasteiger partial charge in [-0.05, 0) is 49.8 Å². The number of urea groups is 1. The third-order valence-electron chi connectivity index (χ3n) is 6.46. The van der Waals surface area contributed by atoms with Gasteiger partial charge in [0, 0.05) is 37.4 Å². The number of nitrogens with zero attached hydrogens (tertiary/aromatic N) is 1. The number of allylic oxidation sites excluding steroid dienone is 1. The summed E-state index contributed by atoms with van der Waals surface area (Å²) in [6, 6.07) is 15.2. The Morgan fingerprint density at radius 3 is 2.62 bits per heavy atom. The van der Waals surface area contributed by atoms with Gasteiger partial charge >= 0.3 is 6.03 Å². The lowest BCUT2D eigenvalue weighted by molar-refractivity contribution is -0.118. The number of ether oxygens (including phenoxy) is 1. The van der Waals surface area contributed by atoms with Gasteiger partial charge in [0.05, 0.1) is 17.4 Å². The van der Waals surface area contributed by atoms with Crippen LogP contribution in [0.3, 0.4) is 0 Å². The second kappa shape index (κ2) is 10.0. The van der Waals surface area contributed by atoms with E-state index >= 15 is 0 Å². The molecule has 0 radical (unpaired) electrons. The Hall–Kier alpha value is -3.12. The van der Waals surface area contributed by atoms with E-state index in [1.807, 2.05) is 62.4 Å². The highest BCUT2D eigenvalue weighted by Crippen LogP contribution is 2.48. The molecule has 2 amide bonds. The first-order valence-electron chi connectivity index (χ1n) is 12.1. The number of anilines is 2. The molecule has 0 aromatic heterocycles. The second-order valence-electron chi connectivity index (χ2n) is 9.94. The molecule has 1 heterocycles. The molecule has 0 bridgehead atoms. The average Bonchev–Trinajstić information content (AvgIpc) is 2.93. The molecule has 2 N–H and O–H groups in total. The highest BCUT2D eigenvalue weighted by molar-refractivity contribution is 6.06. The van der Waals surface area contributed by atoms with Crippen LogP contribution in [-0.2, 0) is 9.53 Å². The number of ketones is 1. The van der Waals surface area contributed by atoms with Crippen molar-refractivity contribution < 1.29 is 14.3 Å². The maximum atomic E-state index is 13.7. The summed E-state index contributed by atoms with van der Waals surface area (Å²) in [5.41, 5.74) is 5.10. The smallest absolute Gasteiger partial charge is 0.322 e. The number of aryl methyl sites for hydroxylation is 1. The second-order valence-corrected chi connectivity index (χ2v) is 9.94. The molecule has 1 aliphatic heterocycles. The zero-order chi connectivity index (χ0) is 24.3. The van der Waals surface area contributed by atoms with E-state index in [9.17, 15) is 9.59 Å². The maximum absolute atomic E-state index is 13.7. The number of carbonyl (C=O) groups excluding carboxylic acids is 2. The minimum atomic E-state index is -0.512. The zero-order valence-electron chi connectivity index (χ0n) is 20.6. The number of hydrogen-bond acceptors (Lipinski definition) is 4. The number of hydrogen-bond donors (Lipinski definition) is 2. The molecule has 0 fully saturated rings. The largest absolute Gasteiger partial charge is 0.382 e. The molecule has 2 aromatic carbocycles. The Labute approximate surface area is 202 Å². The standard InChI is InChI=1S/C28H35N3O3/c1-5-34-16-8-15-29-27(33)31-23-10-7-6-9-21(23)30-22-17-28(3,4)18-24(32)25(22)26(31)20-13-11-19(2)12-14-20/h6-7,9-14,26,30H,5,8,15-18H2,1-4H3,(H,29,33)/t26-/m0/s1. The SMILES string of the molecule is CCOCCCNC(=O)N1c2ccccc2NC2=C(C(=O)CC(C)(C)C2)[C@@H]1c1ccc(C)cc1. The van der Waals surface area contributed by atoms with Gasteiger partial charge in [-0.2, -0.15) is 0 Å². The number of nitrogens with one attached hydrogen (secondary N) is 2. The molecule has 0 spiro atoms. The van der Waals surface area contributed by atoms with E-state index in [1.54, 1.807) is 4.90 Å². The molecule has 0 unspecified atom stereocenters. The molecule has 180 valence electrons. The number of carbonyl (C=O) groups is 2. The molecular formula is C28H35N3O3. The topological polar surface area (TPSA) is 70.7 Å². The van der Waals surface area contributed by atoms with Gasteiger partial charge in [-0.15, -0.1) is 0 Å². The van der Waals surface area contributed by atoms with Crippen molar-refractivity contribution in [3.63, 3.8) is 0 Å². The Kier molecular flexibility index (Phi) is 7.08. The maximum Gasteiger partial charge on any atom is 0.322 e. The zero-order valence-corrected chi connectivity index (χ0v) is 20.6. The van der Waals surface area contributed by atoms with Crippen molar-refractivity contribution in [2.24, 2.45) is 5.41 Å². The van der Waals surface area contributed by atoms with Crippen LogP contribution in [0.5, 0.6) is 0 Å². The van der Waals surface area contributed by atoms with Crippen LogP contribution in [0.15, 0.2) is 59.8 Å². The highest BCUT2D eigenvalue weighted by Gasteiger charge is 2.43. The number of amides is 2. The Morgan fingerprint density at radius 1 is 1.15 bits per heavy atom. The molecule has 2 aliphatic rings. The minimum absolute atomic E-state index is 0.0891. The quantitative estimate of drug-likeness (QED) is 0.538. The molecular weight excluding hydrogens is 426 g/mol. The minimum Gasteiger partial charge on any atom is -0.382 e. The molecule has 0 saturated heterocycles. The van der Waals surface area contributed by atoms with E-state index in [4.69, 9.17) is 4.74 Å². The van der Waals surface area contributed by atoms with Crippen LogP contribution in [0.4, 0.5) is 16.2 Å². The van der Waals surface area contributed by atoms with Crippen LogP contribution >= 0.6 is 0 Å². The van der Waals surface area contributed by atoms with Crippen LogP contribution in [0.25, 0.3) is 0 Å². The van der Waals surface area contributed by atoms with Crippen LogP contribution in [0.1, 0.15) is 57.2 Å². The summed E-state index contributed by atoms with van der Waals surface area (Å²) >= 11 is 0. The number of benzene rings is 2. The van der Waals surface area contributed by atoms with E-state index in [-0.39, 0.29) is 17.2 Å². The van der Waals surface area contributed by atoms with Gasteiger partial charge in [0.2, 0.25) is 0 Å². The summed E-state index contributed by atoms with van der Waals surface area (Å²) < 4.78 is 5.42. The van der Waals surface area contributed by atoms with E-state index in [0.29, 0.717) is 31.8 Å². The number of para-hydroxylation sites is 2. The summed E-state index contributed by atoms with van der Waals surface area (Å²) in [7, 11) is 0. The molecule has 4 rings (SSSR count). The third kappa shape index (κ3) is 5.02. The third-order valence-corrected chi connectivity index (χ3v) is 6.46. The van der Waals surface area contributed by atoms with Crippen LogP contribution in [0.2, 0.25) is 0 Å². The Morgan fingerprint density at radius 2 is 1.88 bits per heavy atom. The fourth-order valence-corrected chi connectivity index (χ4v) is 4.87. The van der Waals surface area contributed by atoms with Crippen molar-refractivity contribution in [2.75, 3.05) is 30.0 Å². The first-order valence-corrected chi connectivity index (χ1v) is 12.1. The highest BCUT2D eigenvalue weighted by atomic mass is 16.5.